The molecule has 3 heterocycles. The molecular weight excluding hydrogens is 380 g/mol. The van der Waals surface area contributed by atoms with Crippen LogP contribution in [0.1, 0.15) is 55.6 Å². The molecule has 8 heteroatoms. The molecule has 0 aromatic carbocycles. The zero-order chi connectivity index (χ0) is 20.4. The standard InChI is InChI=1S/C20H27ClN4O3/c1-11(2)19-22-15(10-14-6-8-25(9-7-14)20(26)27-5)17(21)18(23-19)16-12(3)24-28-13(16)4/h11,14H,6-10H2,1-5H3. The van der Waals surface area contributed by atoms with E-state index in [1.54, 1.807) is 4.90 Å². The number of methoxy groups -OCH3 is 1. The molecule has 1 amide bonds. The average molecular weight is 407 g/mol. The molecule has 7 nitrogen and oxygen atoms in total. The van der Waals surface area contributed by atoms with E-state index >= 15 is 0 Å². The van der Waals surface area contributed by atoms with Crippen molar-refractivity contribution in [1.82, 2.24) is 20.0 Å². The summed E-state index contributed by atoms with van der Waals surface area (Å²) in [5, 5.41) is 4.61. The number of aromatic nitrogens is 3. The highest BCUT2D eigenvalue weighted by molar-refractivity contribution is 6.33. The number of rotatable bonds is 4. The van der Waals surface area contributed by atoms with Crippen LogP contribution in [-0.4, -0.2) is 46.3 Å². The predicted molar refractivity (Wildman–Crippen MR) is 107 cm³/mol. The van der Waals surface area contributed by atoms with Crippen LogP contribution in [0.3, 0.4) is 0 Å². The molecule has 2 aromatic heterocycles. The van der Waals surface area contributed by atoms with Crippen LogP contribution in [0.25, 0.3) is 11.3 Å². The van der Waals surface area contributed by atoms with E-state index in [1.807, 2.05) is 13.8 Å². The van der Waals surface area contributed by atoms with Crippen LogP contribution < -0.4 is 0 Å². The fourth-order valence-corrected chi connectivity index (χ4v) is 3.87. The first-order valence-electron chi connectivity index (χ1n) is 9.64. The van der Waals surface area contributed by atoms with Crippen molar-refractivity contribution in [2.75, 3.05) is 20.2 Å². The van der Waals surface area contributed by atoms with E-state index in [2.05, 4.69) is 19.0 Å². The predicted octanol–water partition coefficient (Wildman–Crippen LogP) is 4.55. The summed E-state index contributed by atoms with van der Waals surface area (Å²) in [7, 11) is 1.42. The number of amides is 1. The van der Waals surface area contributed by atoms with Crippen LogP contribution in [-0.2, 0) is 11.2 Å². The molecule has 0 bridgehead atoms. The molecule has 0 aliphatic carbocycles. The molecule has 3 rings (SSSR count). The number of nitrogens with zero attached hydrogens (tertiary/aromatic N) is 4. The first kappa shape index (κ1) is 20.6. The second-order valence-corrected chi connectivity index (χ2v) is 8.03. The van der Waals surface area contributed by atoms with Gasteiger partial charge in [-0.2, -0.15) is 0 Å². The molecule has 1 saturated heterocycles. The minimum absolute atomic E-state index is 0.177. The Morgan fingerprint density at radius 2 is 1.96 bits per heavy atom. The molecule has 0 unspecified atom stereocenters. The number of likely N-dealkylation sites (tertiary alicyclic amines) is 1. The maximum atomic E-state index is 11.7. The summed E-state index contributed by atoms with van der Waals surface area (Å²) in [6.07, 6.45) is 2.29. The fraction of sp³-hybridized carbons (Fsp3) is 0.600. The van der Waals surface area contributed by atoms with Crippen molar-refractivity contribution in [2.24, 2.45) is 5.92 Å². The smallest absolute Gasteiger partial charge is 0.409 e. The molecule has 1 aliphatic heterocycles. The SMILES string of the molecule is COC(=O)N1CCC(Cc2nc(C(C)C)nc(-c3c(C)noc3C)c2Cl)CC1. The summed E-state index contributed by atoms with van der Waals surface area (Å²) in [5.41, 5.74) is 3.16. The van der Waals surface area contributed by atoms with Gasteiger partial charge in [0.05, 0.1) is 34.8 Å². The zero-order valence-corrected chi connectivity index (χ0v) is 17.8. The largest absolute Gasteiger partial charge is 0.453 e. The molecule has 2 aromatic rings. The van der Waals surface area contributed by atoms with Gasteiger partial charge in [-0.3, -0.25) is 0 Å². The first-order valence-corrected chi connectivity index (χ1v) is 10.0. The molecule has 152 valence electrons. The minimum atomic E-state index is -0.263. The molecule has 0 saturated carbocycles. The Kier molecular flexibility index (Phi) is 6.23. The van der Waals surface area contributed by atoms with Gasteiger partial charge in [0.25, 0.3) is 0 Å². The third-order valence-corrected chi connectivity index (χ3v) is 5.65. The van der Waals surface area contributed by atoms with Crippen LogP contribution >= 0.6 is 11.6 Å². The molecule has 0 spiro atoms. The third-order valence-electron chi connectivity index (χ3n) is 5.25. The third kappa shape index (κ3) is 4.14. The zero-order valence-electron chi connectivity index (χ0n) is 17.1. The Morgan fingerprint density at radius 3 is 2.50 bits per heavy atom. The number of carbonyl (C=O) groups excluding carboxylic acids is 1. The van der Waals surface area contributed by atoms with Crippen LogP contribution in [0.2, 0.25) is 5.02 Å². The van der Waals surface area contributed by atoms with Gasteiger partial charge in [-0.1, -0.05) is 30.6 Å². The van der Waals surface area contributed by atoms with Crippen molar-refractivity contribution in [3.63, 3.8) is 0 Å². The van der Waals surface area contributed by atoms with E-state index in [0.29, 0.717) is 35.5 Å². The van der Waals surface area contributed by atoms with Gasteiger partial charge in [0.15, 0.2) is 0 Å². The molecular formula is C20H27ClN4O3. The van der Waals surface area contributed by atoms with Gasteiger partial charge in [-0.15, -0.1) is 0 Å². The van der Waals surface area contributed by atoms with Gasteiger partial charge in [-0.25, -0.2) is 14.8 Å². The maximum Gasteiger partial charge on any atom is 0.409 e. The molecule has 28 heavy (non-hydrogen) atoms. The van der Waals surface area contributed by atoms with E-state index in [1.165, 1.54) is 7.11 Å². The monoisotopic (exact) mass is 406 g/mol. The lowest BCUT2D eigenvalue weighted by atomic mass is 9.91. The van der Waals surface area contributed by atoms with Crippen LogP contribution in [0.5, 0.6) is 0 Å². The summed E-state index contributed by atoms with van der Waals surface area (Å²) in [6, 6.07) is 0. The maximum absolute atomic E-state index is 11.7. The van der Waals surface area contributed by atoms with Crippen LogP contribution in [0.4, 0.5) is 4.79 Å². The van der Waals surface area contributed by atoms with Crippen molar-refractivity contribution >= 4 is 17.7 Å². The van der Waals surface area contributed by atoms with Crippen molar-refractivity contribution < 1.29 is 14.1 Å². The van der Waals surface area contributed by atoms with E-state index in [-0.39, 0.29) is 12.0 Å². The Balaban J connectivity index is 1.88. The fourth-order valence-electron chi connectivity index (χ4n) is 3.62. The lowest BCUT2D eigenvalue weighted by molar-refractivity contribution is 0.106. The topological polar surface area (TPSA) is 81.4 Å². The quantitative estimate of drug-likeness (QED) is 0.741. The van der Waals surface area contributed by atoms with Crippen molar-refractivity contribution in [3.8, 4) is 11.3 Å². The molecule has 1 aliphatic rings. The second-order valence-electron chi connectivity index (χ2n) is 7.65. The molecule has 1 fully saturated rings. The number of halogens is 1. The van der Waals surface area contributed by atoms with Crippen molar-refractivity contribution in [3.05, 3.63) is 28.0 Å². The summed E-state index contributed by atoms with van der Waals surface area (Å²) in [4.78, 5) is 22.9. The lowest BCUT2D eigenvalue weighted by Gasteiger charge is -2.31. The van der Waals surface area contributed by atoms with E-state index in [9.17, 15) is 4.79 Å². The van der Waals surface area contributed by atoms with E-state index < -0.39 is 0 Å². The van der Waals surface area contributed by atoms with E-state index in [4.69, 9.17) is 30.8 Å². The highest BCUT2D eigenvalue weighted by Gasteiger charge is 2.27. The number of hydrogen-bond acceptors (Lipinski definition) is 6. The summed E-state index contributed by atoms with van der Waals surface area (Å²) in [5.74, 6) is 2.05. The van der Waals surface area contributed by atoms with Crippen molar-refractivity contribution in [2.45, 2.75) is 52.9 Å². The molecule has 0 N–H and O–H groups in total. The summed E-state index contributed by atoms with van der Waals surface area (Å²) >= 11 is 6.76. The highest BCUT2D eigenvalue weighted by Crippen LogP contribution is 2.35. The van der Waals surface area contributed by atoms with Crippen LogP contribution in [0.15, 0.2) is 4.52 Å². The van der Waals surface area contributed by atoms with Gasteiger partial charge in [0.1, 0.15) is 11.6 Å². The molecule has 0 radical (unpaired) electrons. The van der Waals surface area contributed by atoms with Crippen LogP contribution in [0, 0.1) is 19.8 Å². The van der Waals surface area contributed by atoms with Gasteiger partial charge in [0.2, 0.25) is 0 Å². The number of piperidine rings is 1. The van der Waals surface area contributed by atoms with Gasteiger partial charge >= 0.3 is 6.09 Å². The summed E-state index contributed by atoms with van der Waals surface area (Å²) < 4.78 is 10.1. The van der Waals surface area contributed by atoms with E-state index in [0.717, 1.165) is 42.0 Å². The highest BCUT2D eigenvalue weighted by atomic mass is 35.5. The number of carbonyl (C=O) groups is 1. The van der Waals surface area contributed by atoms with Gasteiger partial charge in [-0.05, 0) is 39.0 Å². The Labute approximate surface area is 170 Å². The molecule has 0 atom stereocenters. The summed E-state index contributed by atoms with van der Waals surface area (Å²) in [6.45, 7) is 9.27. The van der Waals surface area contributed by atoms with Gasteiger partial charge in [0, 0.05) is 19.0 Å². The lowest BCUT2D eigenvalue weighted by Crippen LogP contribution is -2.38. The Bertz CT molecular complexity index is 838. The van der Waals surface area contributed by atoms with Crippen molar-refractivity contribution in [1.29, 1.82) is 0 Å². The number of aryl methyl sites for hydroxylation is 2. The van der Waals surface area contributed by atoms with Gasteiger partial charge < -0.3 is 14.2 Å². The Morgan fingerprint density at radius 1 is 1.29 bits per heavy atom. The minimum Gasteiger partial charge on any atom is -0.453 e. The average Bonchev–Trinajstić information content (AvgIpc) is 3.01. The number of hydrogen-bond donors (Lipinski definition) is 0. The first-order chi connectivity index (χ1) is 13.3. The number of ether oxygens (including phenoxy) is 1. The Hall–Kier alpha value is -2.15. The normalized spacial score (nSPS) is 15.3. The second kappa shape index (κ2) is 8.47.